The molecule has 1 fully saturated rings. The zero-order valence-electron chi connectivity index (χ0n) is 10.0. The maximum atomic E-state index is 11.7. The zero-order chi connectivity index (χ0) is 12.4. The van der Waals surface area contributed by atoms with Gasteiger partial charge >= 0.3 is 0 Å². The first kappa shape index (κ1) is 11.8. The van der Waals surface area contributed by atoms with Crippen molar-refractivity contribution in [2.75, 3.05) is 7.05 Å². The molecule has 0 aromatic heterocycles. The van der Waals surface area contributed by atoms with E-state index in [1.165, 1.54) is 11.9 Å². The van der Waals surface area contributed by atoms with Gasteiger partial charge in [0.1, 0.15) is 0 Å². The quantitative estimate of drug-likeness (QED) is 0.794. The van der Waals surface area contributed by atoms with Crippen LogP contribution in [0.2, 0.25) is 0 Å². The smallest absolute Gasteiger partial charge is 0.246 e. The number of carbonyl (C=O) groups is 2. The van der Waals surface area contributed by atoms with Gasteiger partial charge in [-0.15, -0.1) is 0 Å². The summed E-state index contributed by atoms with van der Waals surface area (Å²) in [5.74, 6) is -0.259. The lowest BCUT2D eigenvalue weighted by Crippen LogP contribution is -2.38. The second-order valence-corrected chi connectivity index (χ2v) is 4.35. The maximum absolute atomic E-state index is 11.7. The van der Waals surface area contributed by atoms with Gasteiger partial charge in [-0.2, -0.15) is 0 Å². The van der Waals surface area contributed by atoms with Crippen molar-refractivity contribution in [3.63, 3.8) is 0 Å². The highest BCUT2D eigenvalue weighted by molar-refractivity contribution is 6.05. The lowest BCUT2D eigenvalue weighted by atomic mass is 10.1. The van der Waals surface area contributed by atoms with Crippen molar-refractivity contribution in [3.05, 3.63) is 35.9 Å². The van der Waals surface area contributed by atoms with E-state index in [2.05, 4.69) is 5.32 Å². The summed E-state index contributed by atoms with van der Waals surface area (Å²) in [5.41, 5.74) is 1.11. The molecule has 0 unspecified atom stereocenters. The third-order valence-electron chi connectivity index (χ3n) is 3.13. The van der Waals surface area contributed by atoms with Gasteiger partial charge in [-0.3, -0.25) is 19.8 Å². The number of nitrogens with one attached hydrogen (secondary N) is 1. The van der Waals surface area contributed by atoms with Crippen LogP contribution in [0.25, 0.3) is 0 Å². The predicted molar refractivity (Wildman–Crippen MR) is 64.2 cm³/mol. The molecule has 1 saturated heterocycles. The number of amides is 2. The number of hydrogen-bond donors (Lipinski definition) is 1. The van der Waals surface area contributed by atoms with Gasteiger partial charge < -0.3 is 0 Å². The van der Waals surface area contributed by atoms with E-state index < -0.39 is 0 Å². The Morgan fingerprint density at radius 1 is 1.29 bits per heavy atom. The second-order valence-electron chi connectivity index (χ2n) is 4.35. The Hall–Kier alpha value is -1.68. The summed E-state index contributed by atoms with van der Waals surface area (Å²) in [4.78, 5) is 24.3. The Kier molecular flexibility index (Phi) is 3.24. The summed E-state index contributed by atoms with van der Waals surface area (Å²) in [5, 5.41) is 3.19. The van der Waals surface area contributed by atoms with Crippen LogP contribution in [0.3, 0.4) is 0 Å². The predicted octanol–water partition coefficient (Wildman–Crippen LogP) is 1.09. The Bertz CT molecular complexity index is 430. The molecule has 1 N–H and O–H groups in total. The molecule has 2 rings (SSSR count). The van der Waals surface area contributed by atoms with Gasteiger partial charge in [-0.05, 0) is 12.5 Å². The molecule has 1 aromatic rings. The lowest BCUT2D eigenvalue weighted by molar-refractivity contribution is -0.137. The van der Waals surface area contributed by atoms with Gasteiger partial charge in [-0.25, -0.2) is 0 Å². The van der Waals surface area contributed by atoms with Gasteiger partial charge in [0.15, 0.2) is 0 Å². The Labute approximate surface area is 101 Å². The Balaban J connectivity index is 2.03. The minimum absolute atomic E-state index is 0.0597. The zero-order valence-corrected chi connectivity index (χ0v) is 10.0. The molecule has 0 radical (unpaired) electrons. The van der Waals surface area contributed by atoms with E-state index in [-0.39, 0.29) is 30.3 Å². The molecule has 0 bridgehead atoms. The van der Waals surface area contributed by atoms with Crippen LogP contribution in [-0.4, -0.2) is 29.8 Å². The average molecular weight is 232 g/mol. The van der Waals surface area contributed by atoms with Crippen LogP contribution >= 0.6 is 0 Å². The van der Waals surface area contributed by atoms with Crippen molar-refractivity contribution in [3.8, 4) is 0 Å². The van der Waals surface area contributed by atoms with E-state index in [9.17, 15) is 9.59 Å². The summed E-state index contributed by atoms with van der Waals surface area (Å²) in [6, 6.07) is 9.55. The number of likely N-dealkylation sites (N-methyl/N-ethyl adjacent to an activating group) is 1. The van der Waals surface area contributed by atoms with Crippen molar-refractivity contribution < 1.29 is 9.59 Å². The number of rotatable bonds is 3. The van der Waals surface area contributed by atoms with Crippen LogP contribution in [-0.2, 0) is 9.59 Å². The average Bonchev–Trinajstić information content (AvgIpc) is 2.58. The van der Waals surface area contributed by atoms with Crippen molar-refractivity contribution >= 4 is 11.8 Å². The third-order valence-corrected chi connectivity index (χ3v) is 3.13. The highest BCUT2D eigenvalue weighted by Gasteiger charge is 2.36. The van der Waals surface area contributed by atoms with Crippen molar-refractivity contribution in [2.24, 2.45) is 0 Å². The number of carbonyl (C=O) groups excluding carboxylic acids is 2. The molecule has 2 amide bonds. The first-order valence-electron chi connectivity index (χ1n) is 5.71. The number of nitrogens with zero attached hydrogens (tertiary/aromatic N) is 1. The molecule has 1 aliphatic heterocycles. The molecule has 17 heavy (non-hydrogen) atoms. The molecule has 4 heteroatoms. The summed E-state index contributed by atoms with van der Waals surface area (Å²) in [7, 11) is 1.53. The largest absolute Gasteiger partial charge is 0.299 e. The van der Waals surface area contributed by atoms with Gasteiger partial charge in [0.25, 0.3) is 0 Å². The number of imide groups is 1. The van der Waals surface area contributed by atoms with Crippen LogP contribution in [0.5, 0.6) is 0 Å². The van der Waals surface area contributed by atoms with E-state index in [4.69, 9.17) is 0 Å². The SMILES string of the molecule is C[C@@H](N[C@@H]1CC(=O)N(C)C1=O)c1ccccc1. The first-order valence-corrected chi connectivity index (χ1v) is 5.71. The first-order chi connectivity index (χ1) is 8.09. The summed E-state index contributed by atoms with van der Waals surface area (Å²) in [6.45, 7) is 1.99. The molecule has 1 heterocycles. The fraction of sp³-hybridized carbons (Fsp3) is 0.385. The van der Waals surface area contributed by atoms with Crippen molar-refractivity contribution in [2.45, 2.75) is 25.4 Å². The fourth-order valence-electron chi connectivity index (χ4n) is 2.03. The number of likely N-dealkylation sites (tertiary alicyclic amines) is 1. The van der Waals surface area contributed by atoms with Crippen molar-refractivity contribution in [1.82, 2.24) is 10.2 Å². The summed E-state index contributed by atoms with van der Waals surface area (Å²) >= 11 is 0. The van der Waals surface area contributed by atoms with Crippen LogP contribution in [0.4, 0.5) is 0 Å². The highest BCUT2D eigenvalue weighted by atomic mass is 16.2. The molecule has 1 aromatic carbocycles. The molecule has 0 saturated carbocycles. The minimum atomic E-state index is -0.386. The maximum Gasteiger partial charge on any atom is 0.246 e. The second kappa shape index (κ2) is 4.67. The van der Waals surface area contributed by atoms with E-state index in [1.807, 2.05) is 37.3 Å². The van der Waals surface area contributed by atoms with E-state index >= 15 is 0 Å². The van der Waals surface area contributed by atoms with Crippen LogP contribution in [0, 0.1) is 0 Å². The summed E-state index contributed by atoms with van der Waals surface area (Å²) in [6.07, 6.45) is 0.256. The van der Waals surface area contributed by atoms with Crippen LogP contribution < -0.4 is 5.32 Å². The fourth-order valence-corrected chi connectivity index (χ4v) is 2.03. The molecule has 1 aliphatic rings. The molecule has 0 aliphatic carbocycles. The lowest BCUT2D eigenvalue weighted by Gasteiger charge is -2.18. The molecule has 90 valence electrons. The molecular formula is C13H16N2O2. The Morgan fingerprint density at radius 3 is 2.47 bits per heavy atom. The van der Waals surface area contributed by atoms with Crippen LogP contribution in [0.1, 0.15) is 24.9 Å². The van der Waals surface area contributed by atoms with Gasteiger partial charge in [0.05, 0.1) is 12.5 Å². The Morgan fingerprint density at radius 2 is 1.94 bits per heavy atom. The number of benzene rings is 1. The number of hydrogen-bond acceptors (Lipinski definition) is 3. The minimum Gasteiger partial charge on any atom is -0.299 e. The monoisotopic (exact) mass is 232 g/mol. The molecule has 4 nitrogen and oxygen atoms in total. The van der Waals surface area contributed by atoms with Gasteiger partial charge in [-0.1, -0.05) is 30.3 Å². The highest BCUT2D eigenvalue weighted by Crippen LogP contribution is 2.17. The normalized spacial score (nSPS) is 22.0. The van der Waals surface area contributed by atoms with E-state index in [0.29, 0.717) is 0 Å². The third kappa shape index (κ3) is 2.36. The molecule has 2 atom stereocenters. The topological polar surface area (TPSA) is 49.4 Å². The van der Waals surface area contributed by atoms with Gasteiger partial charge in [0.2, 0.25) is 11.8 Å². The molecule has 0 spiro atoms. The van der Waals surface area contributed by atoms with E-state index in [1.54, 1.807) is 0 Å². The standard InChI is InChI=1S/C13H16N2O2/c1-9(10-6-4-3-5-7-10)14-11-8-12(16)15(2)13(11)17/h3-7,9,11,14H,8H2,1-2H3/t9-,11-/m1/s1. The summed E-state index contributed by atoms with van der Waals surface area (Å²) < 4.78 is 0. The van der Waals surface area contributed by atoms with Gasteiger partial charge in [0, 0.05) is 13.1 Å². The molecular weight excluding hydrogens is 216 g/mol. The van der Waals surface area contributed by atoms with Crippen molar-refractivity contribution in [1.29, 1.82) is 0 Å². The van der Waals surface area contributed by atoms with Crippen LogP contribution in [0.15, 0.2) is 30.3 Å². The van der Waals surface area contributed by atoms with E-state index in [0.717, 1.165) is 5.56 Å².